The molecule has 46 heavy (non-hydrogen) atoms. The molecule has 0 fully saturated rings. The number of hydrogen-bond acceptors (Lipinski definition) is 2. The molecular weight excluding hydrogens is 556 g/mol. The van der Waals surface area contributed by atoms with Gasteiger partial charge in [0.1, 0.15) is 6.17 Å². The average Bonchev–Trinajstić information content (AvgIpc) is 3.45. The monoisotopic (exact) mass is 645 g/mol. The van der Waals surface area contributed by atoms with Crippen LogP contribution in [0.5, 0.6) is 0 Å². The first-order chi connectivity index (χ1) is 22.8. The Kier molecular flexibility index (Phi) is 33.6. The summed E-state index contributed by atoms with van der Waals surface area (Å²) in [7, 11) is 0. The number of nitrogens with zero attached hydrogens (tertiary/aromatic N) is 2. The van der Waals surface area contributed by atoms with Crippen molar-refractivity contribution in [1.29, 1.82) is 0 Å². The van der Waals surface area contributed by atoms with Crippen LogP contribution in [-0.4, -0.2) is 29.1 Å². The van der Waals surface area contributed by atoms with Crippen molar-refractivity contribution in [1.82, 2.24) is 9.80 Å². The summed E-state index contributed by atoms with van der Waals surface area (Å²) in [6.07, 6.45) is 57.4. The first kappa shape index (κ1) is 43.4. The molecule has 2 heteroatoms. The van der Waals surface area contributed by atoms with E-state index in [1.165, 1.54) is 244 Å². The summed E-state index contributed by atoms with van der Waals surface area (Å²) in [4.78, 5) is 5.45. The zero-order chi connectivity index (χ0) is 33.0. The summed E-state index contributed by atoms with van der Waals surface area (Å²) in [5.74, 6) is 0. The van der Waals surface area contributed by atoms with Crippen LogP contribution in [-0.2, 0) is 0 Å². The largest absolute Gasteiger partial charge is 0.356 e. The normalized spacial score (nSPS) is 14.7. The Balaban J connectivity index is 2.20. The third-order valence-electron chi connectivity index (χ3n) is 10.8. The van der Waals surface area contributed by atoms with Crippen molar-refractivity contribution < 1.29 is 0 Å². The van der Waals surface area contributed by atoms with Gasteiger partial charge >= 0.3 is 0 Å². The molecule has 1 rings (SSSR count). The van der Waals surface area contributed by atoms with Crippen molar-refractivity contribution in [3.63, 3.8) is 0 Å². The molecule has 0 bridgehead atoms. The van der Waals surface area contributed by atoms with Gasteiger partial charge in [-0.25, -0.2) is 0 Å². The topological polar surface area (TPSA) is 6.48 Å². The maximum Gasteiger partial charge on any atom is 0.101 e. The molecule has 274 valence electrons. The van der Waals surface area contributed by atoms with Crippen LogP contribution >= 0.6 is 0 Å². The van der Waals surface area contributed by atoms with Crippen molar-refractivity contribution >= 4 is 0 Å². The fraction of sp³-hybridized carbons (Fsp3) is 0.955. The molecule has 2 nitrogen and oxygen atoms in total. The molecule has 1 aliphatic rings. The molecule has 0 spiro atoms. The summed E-state index contributed by atoms with van der Waals surface area (Å²) >= 11 is 0. The minimum Gasteiger partial charge on any atom is -0.356 e. The summed E-state index contributed by atoms with van der Waals surface area (Å²) < 4.78 is 0. The molecule has 0 N–H and O–H groups in total. The van der Waals surface area contributed by atoms with E-state index in [1.807, 2.05) is 0 Å². The van der Waals surface area contributed by atoms with E-state index in [2.05, 4.69) is 43.0 Å². The molecule has 1 atom stereocenters. The Hall–Kier alpha value is -0.660. The van der Waals surface area contributed by atoms with Crippen LogP contribution in [0.15, 0.2) is 12.4 Å². The van der Waals surface area contributed by atoms with Crippen molar-refractivity contribution in [2.75, 3.05) is 13.1 Å². The van der Waals surface area contributed by atoms with Crippen molar-refractivity contribution in [2.24, 2.45) is 0 Å². The van der Waals surface area contributed by atoms with Crippen LogP contribution in [0.4, 0.5) is 0 Å². The minimum atomic E-state index is 0.638. The average molecular weight is 645 g/mol. The van der Waals surface area contributed by atoms with Gasteiger partial charge in [-0.1, -0.05) is 226 Å². The third kappa shape index (κ3) is 27.3. The molecule has 0 amide bonds. The Morgan fingerprint density at radius 1 is 0.283 bits per heavy atom. The lowest BCUT2D eigenvalue weighted by Crippen LogP contribution is -2.39. The zero-order valence-corrected chi connectivity index (χ0v) is 32.5. The summed E-state index contributed by atoms with van der Waals surface area (Å²) in [5.41, 5.74) is 0. The molecule has 1 aliphatic heterocycles. The van der Waals surface area contributed by atoms with E-state index in [1.54, 1.807) is 0 Å². The maximum absolute atomic E-state index is 2.73. The van der Waals surface area contributed by atoms with E-state index >= 15 is 0 Å². The molecule has 1 heterocycles. The summed E-state index contributed by atoms with van der Waals surface area (Å²) in [6, 6.07) is 0. The van der Waals surface area contributed by atoms with Gasteiger partial charge in [0, 0.05) is 25.5 Å². The number of hydrogen-bond donors (Lipinski definition) is 0. The highest BCUT2D eigenvalue weighted by Gasteiger charge is 2.24. The van der Waals surface area contributed by atoms with E-state index in [0.29, 0.717) is 6.17 Å². The highest BCUT2D eigenvalue weighted by atomic mass is 15.4. The zero-order valence-electron chi connectivity index (χ0n) is 32.5. The maximum atomic E-state index is 2.73. The van der Waals surface area contributed by atoms with Gasteiger partial charge in [0.25, 0.3) is 0 Å². The molecule has 0 aromatic heterocycles. The molecule has 0 radical (unpaired) electrons. The fourth-order valence-electron chi connectivity index (χ4n) is 7.60. The van der Waals surface area contributed by atoms with Crippen LogP contribution in [0.3, 0.4) is 0 Å². The second-order valence-electron chi connectivity index (χ2n) is 15.4. The Bertz CT molecular complexity index is 601. The number of unbranched alkanes of at least 4 members (excludes halogenated alkanes) is 32. The van der Waals surface area contributed by atoms with Gasteiger partial charge in [-0.3, -0.25) is 0 Å². The lowest BCUT2D eigenvalue weighted by molar-refractivity contribution is 0.135. The Morgan fingerprint density at radius 3 is 0.761 bits per heavy atom. The smallest absolute Gasteiger partial charge is 0.101 e. The molecule has 0 saturated carbocycles. The van der Waals surface area contributed by atoms with Crippen LogP contribution in [0.2, 0.25) is 0 Å². The predicted molar refractivity (Wildman–Crippen MR) is 210 cm³/mol. The Morgan fingerprint density at radius 2 is 0.500 bits per heavy atom. The molecule has 0 saturated heterocycles. The van der Waals surface area contributed by atoms with Gasteiger partial charge in [0.2, 0.25) is 0 Å². The first-order valence-electron chi connectivity index (χ1n) is 22.0. The van der Waals surface area contributed by atoms with Crippen molar-refractivity contribution in [3.05, 3.63) is 12.4 Å². The Labute approximate surface area is 292 Å². The summed E-state index contributed by atoms with van der Waals surface area (Å²) in [5, 5.41) is 0. The number of rotatable bonds is 38. The minimum absolute atomic E-state index is 0.638. The van der Waals surface area contributed by atoms with E-state index in [0.717, 1.165) is 0 Å². The third-order valence-corrected chi connectivity index (χ3v) is 10.8. The van der Waals surface area contributed by atoms with E-state index in [-0.39, 0.29) is 0 Å². The first-order valence-corrected chi connectivity index (χ1v) is 22.0. The fourth-order valence-corrected chi connectivity index (χ4v) is 7.60. The molecule has 1 unspecified atom stereocenters. The van der Waals surface area contributed by atoms with Gasteiger partial charge in [-0.15, -0.1) is 0 Å². The second-order valence-corrected chi connectivity index (χ2v) is 15.4. The molecule has 0 aromatic rings. The highest BCUT2D eigenvalue weighted by molar-refractivity contribution is 4.97. The van der Waals surface area contributed by atoms with Crippen LogP contribution in [0.1, 0.15) is 252 Å². The van der Waals surface area contributed by atoms with Gasteiger partial charge < -0.3 is 9.80 Å². The molecular formula is C44H88N2. The van der Waals surface area contributed by atoms with Crippen LogP contribution < -0.4 is 0 Å². The molecule has 0 aliphatic carbocycles. The van der Waals surface area contributed by atoms with E-state index in [9.17, 15) is 0 Å². The highest BCUT2D eigenvalue weighted by Crippen LogP contribution is 2.24. The lowest BCUT2D eigenvalue weighted by Gasteiger charge is -2.33. The quantitative estimate of drug-likeness (QED) is 0.0617. The van der Waals surface area contributed by atoms with Gasteiger partial charge in [0.05, 0.1) is 0 Å². The van der Waals surface area contributed by atoms with Crippen molar-refractivity contribution in [3.8, 4) is 0 Å². The van der Waals surface area contributed by atoms with E-state index in [4.69, 9.17) is 0 Å². The molecule has 0 aromatic carbocycles. The van der Waals surface area contributed by atoms with Gasteiger partial charge in [-0.05, 0) is 25.7 Å². The second kappa shape index (κ2) is 35.6. The van der Waals surface area contributed by atoms with Gasteiger partial charge in [0.15, 0.2) is 0 Å². The van der Waals surface area contributed by atoms with Gasteiger partial charge in [-0.2, -0.15) is 0 Å². The SMILES string of the molecule is CCCCCCCCCCCCCCCCN1C=CN(CCCCCCCCCCC)C1CCCCCCCCCCCCCC. The van der Waals surface area contributed by atoms with Crippen LogP contribution in [0.25, 0.3) is 0 Å². The predicted octanol–water partition coefficient (Wildman–Crippen LogP) is 15.5. The lowest BCUT2D eigenvalue weighted by atomic mass is 10.0. The summed E-state index contributed by atoms with van der Waals surface area (Å²) in [6.45, 7) is 9.49. The van der Waals surface area contributed by atoms with Crippen LogP contribution in [0, 0.1) is 0 Å². The van der Waals surface area contributed by atoms with E-state index < -0.39 is 0 Å². The standard InChI is InChI=1S/C44H88N2/c1-4-7-10-13-16-19-21-23-24-26-29-32-35-38-41-46-43-42-45(40-37-34-31-28-18-15-12-9-6-3)44(46)39-36-33-30-27-25-22-20-17-14-11-8-5-2/h42-44H,4-41H2,1-3H3. The van der Waals surface area contributed by atoms with Crippen molar-refractivity contribution in [2.45, 2.75) is 258 Å².